The second kappa shape index (κ2) is 8.10. The minimum atomic E-state index is -4.67. The van der Waals surface area contributed by atoms with Crippen LogP contribution in [-0.4, -0.2) is 29.2 Å². The second-order valence-corrected chi connectivity index (χ2v) is 9.32. The number of halogens is 3. The number of nitrogens with zero attached hydrogens (tertiary/aromatic N) is 2. The van der Waals surface area contributed by atoms with E-state index in [1.165, 1.54) is 25.6 Å². The number of benzene rings is 1. The Kier molecular flexibility index (Phi) is 5.33. The summed E-state index contributed by atoms with van der Waals surface area (Å²) in [6, 6.07) is 7.78. The first-order valence-corrected chi connectivity index (χ1v) is 11.6. The fraction of sp³-hybridized carbons (Fsp3) is 0.174. The lowest BCUT2D eigenvalue weighted by atomic mass is 10.1. The van der Waals surface area contributed by atoms with Gasteiger partial charge in [-0.25, -0.2) is 9.97 Å². The van der Waals surface area contributed by atoms with Gasteiger partial charge >= 0.3 is 6.18 Å². The van der Waals surface area contributed by atoms with Crippen molar-refractivity contribution < 1.29 is 22.6 Å². The molecule has 0 bridgehead atoms. The van der Waals surface area contributed by atoms with Crippen LogP contribution in [0.1, 0.15) is 11.1 Å². The summed E-state index contributed by atoms with van der Waals surface area (Å²) < 4.78 is 53.4. The van der Waals surface area contributed by atoms with Crippen molar-refractivity contribution >= 4 is 43.1 Å². The van der Waals surface area contributed by atoms with Gasteiger partial charge in [-0.3, -0.25) is 4.79 Å². The molecule has 5 aromatic rings. The van der Waals surface area contributed by atoms with Gasteiger partial charge in [-0.1, -0.05) is 6.07 Å². The summed E-state index contributed by atoms with van der Waals surface area (Å²) in [6.45, 7) is 1.77. The third-order valence-electron chi connectivity index (χ3n) is 5.41. The molecule has 0 radical (unpaired) electrons. The molecule has 0 aliphatic carbocycles. The molecule has 4 heterocycles. The molecule has 0 aliphatic heterocycles. The average Bonchev–Trinajstić information content (AvgIpc) is 3.46. The largest absolute Gasteiger partial charge is 0.496 e. The van der Waals surface area contributed by atoms with E-state index in [0.29, 0.717) is 27.5 Å². The number of alkyl halides is 3. The molecular weight excluding hydrogens is 487 g/mol. The van der Waals surface area contributed by atoms with E-state index in [-0.39, 0.29) is 32.0 Å². The van der Waals surface area contributed by atoms with Crippen molar-refractivity contribution in [1.82, 2.24) is 15.0 Å². The van der Waals surface area contributed by atoms with Crippen molar-refractivity contribution in [2.24, 2.45) is 0 Å². The van der Waals surface area contributed by atoms with Gasteiger partial charge in [0.1, 0.15) is 26.9 Å². The molecule has 0 unspecified atom stereocenters. The number of rotatable bonds is 4. The van der Waals surface area contributed by atoms with Crippen molar-refractivity contribution in [3.63, 3.8) is 0 Å². The van der Waals surface area contributed by atoms with E-state index in [9.17, 15) is 18.0 Å². The summed E-state index contributed by atoms with van der Waals surface area (Å²) >= 11 is 2.18. The van der Waals surface area contributed by atoms with E-state index in [1.807, 2.05) is 0 Å². The summed E-state index contributed by atoms with van der Waals surface area (Å²) in [5, 5.41) is 1.58. The number of ether oxygens (including phenoxy) is 2. The first-order valence-electron chi connectivity index (χ1n) is 9.93. The van der Waals surface area contributed by atoms with Gasteiger partial charge in [0.15, 0.2) is 0 Å². The molecule has 11 heteroatoms. The summed E-state index contributed by atoms with van der Waals surface area (Å²) in [6.07, 6.45) is -4.67. The van der Waals surface area contributed by atoms with Crippen LogP contribution in [-0.2, 0) is 6.18 Å². The SMILES string of the molecule is COc1ccc(-c2nc3c(sc4nc(-c5cccs5)cc(C(F)(F)F)c43)c(=O)[nH]2)c(OC)c1C. The topological polar surface area (TPSA) is 77.1 Å². The maximum absolute atomic E-state index is 14.2. The standard InChI is InChI=1S/C23H16F3N3O3S2/c1-10-14(31-2)7-6-11(18(10)32-3)20-28-17-16-12(23(24,25)26)9-13(15-5-4-8-33-15)27-22(16)34-19(17)21(30)29-20/h4-9H,1-3H3,(H,28,29,30). The number of methoxy groups -OCH3 is 2. The van der Waals surface area contributed by atoms with Crippen LogP contribution in [0.4, 0.5) is 13.2 Å². The van der Waals surface area contributed by atoms with Crippen LogP contribution in [0.2, 0.25) is 0 Å². The first kappa shape index (κ1) is 22.4. The third-order valence-corrected chi connectivity index (χ3v) is 7.38. The summed E-state index contributed by atoms with van der Waals surface area (Å²) in [7, 11) is 2.97. The van der Waals surface area contributed by atoms with Crippen molar-refractivity contribution in [3.05, 3.63) is 57.2 Å². The van der Waals surface area contributed by atoms with E-state index < -0.39 is 17.3 Å². The highest BCUT2D eigenvalue weighted by molar-refractivity contribution is 7.25. The summed E-state index contributed by atoms with van der Waals surface area (Å²) in [4.78, 5) is 25.3. The number of aromatic amines is 1. The molecule has 1 N–H and O–H groups in total. The van der Waals surface area contributed by atoms with Crippen molar-refractivity contribution in [3.8, 4) is 33.5 Å². The minimum absolute atomic E-state index is 0.0492. The van der Waals surface area contributed by atoms with E-state index in [4.69, 9.17) is 9.47 Å². The van der Waals surface area contributed by atoms with Gasteiger partial charge in [-0.05, 0) is 36.6 Å². The molecule has 5 rings (SSSR count). The van der Waals surface area contributed by atoms with Gasteiger partial charge in [-0.2, -0.15) is 13.2 Å². The van der Waals surface area contributed by atoms with E-state index >= 15 is 0 Å². The predicted molar refractivity (Wildman–Crippen MR) is 127 cm³/mol. The maximum Gasteiger partial charge on any atom is 0.417 e. The highest BCUT2D eigenvalue weighted by Gasteiger charge is 2.36. The van der Waals surface area contributed by atoms with Crippen molar-refractivity contribution in [2.45, 2.75) is 13.1 Å². The Labute approximate surface area is 198 Å². The zero-order chi connectivity index (χ0) is 24.2. The Balaban J connectivity index is 1.84. The quantitative estimate of drug-likeness (QED) is 0.313. The smallest absolute Gasteiger partial charge is 0.417 e. The fourth-order valence-electron chi connectivity index (χ4n) is 3.89. The molecule has 0 spiro atoms. The van der Waals surface area contributed by atoms with Gasteiger partial charge < -0.3 is 14.5 Å². The molecule has 0 saturated carbocycles. The number of hydrogen-bond donors (Lipinski definition) is 1. The number of nitrogens with one attached hydrogen (secondary N) is 1. The highest BCUT2D eigenvalue weighted by atomic mass is 32.1. The summed E-state index contributed by atoms with van der Waals surface area (Å²) in [5.74, 6) is 1.06. The maximum atomic E-state index is 14.2. The molecule has 6 nitrogen and oxygen atoms in total. The lowest BCUT2D eigenvalue weighted by Gasteiger charge is -2.14. The van der Waals surface area contributed by atoms with Crippen molar-refractivity contribution in [1.29, 1.82) is 0 Å². The van der Waals surface area contributed by atoms with Crippen LogP contribution in [0, 0.1) is 6.92 Å². The fourth-order valence-corrected chi connectivity index (χ4v) is 5.61. The van der Waals surface area contributed by atoms with Crippen molar-refractivity contribution in [2.75, 3.05) is 14.2 Å². The predicted octanol–water partition coefficient (Wildman–Crippen LogP) is 6.27. The normalized spacial score (nSPS) is 11.9. The molecular formula is C23H16F3N3O3S2. The molecule has 0 atom stereocenters. The molecule has 174 valence electrons. The van der Waals surface area contributed by atoms with Crippen LogP contribution in [0.15, 0.2) is 40.5 Å². The van der Waals surface area contributed by atoms with Gasteiger partial charge in [0, 0.05) is 5.56 Å². The van der Waals surface area contributed by atoms with Gasteiger partial charge in [-0.15, -0.1) is 22.7 Å². The van der Waals surface area contributed by atoms with E-state index in [1.54, 1.807) is 36.6 Å². The number of hydrogen-bond acceptors (Lipinski definition) is 7. The molecule has 0 fully saturated rings. The van der Waals surface area contributed by atoms with Crippen LogP contribution in [0.5, 0.6) is 11.5 Å². The molecule has 0 aliphatic rings. The second-order valence-electron chi connectivity index (χ2n) is 7.38. The lowest BCUT2D eigenvalue weighted by Crippen LogP contribution is -2.10. The van der Waals surface area contributed by atoms with Crippen LogP contribution >= 0.6 is 22.7 Å². The Morgan fingerprint density at radius 3 is 2.53 bits per heavy atom. The zero-order valence-corrected chi connectivity index (χ0v) is 19.7. The molecule has 4 aromatic heterocycles. The number of H-pyrrole nitrogens is 1. The van der Waals surface area contributed by atoms with Gasteiger partial charge in [0.05, 0.1) is 46.8 Å². The Morgan fingerprint density at radius 2 is 1.88 bits per heavy atom. The number of thiophene rings is 2. The minimum Gasteiger partial charge on any atom is -0.496 e. The Morgan fingerprint density at radius 1 is 1.09 bits per heavy atom. The highest BCUT2D eigenvalue weighted by Crippen LogP contribution is 2.43. The van der Waals surface area contributed by atoms with Gasteiger partial charge in [0.25, 0.3) is 5.56 Å². The number of aromatic nitrogens is 3. The van der Waals surface area contributed by atoms with Crippen LogP contribution in [0.25, 0.3) is 42.4 Å². The number of pyridine rings is 1. The molecule has 0 amide bonds. The van der Waals surface area contributed by atoms with E-state index in [0.717, 1.165) is 17.4 Å². The lowest BCUT2D eigenvalue weighted by molar-refractivity contribution is -0.136. The Hall–Kier alpha value is -3.44. The molecule has 34 heavy (non-hydrogen) atoms. The zero-order valence-electron chi connectivity index (χ0n) is 18.0. The monoisotopic (exact) mass is 503 g/mol. The third kappa shape index (κ3) is 3.51. The molecule has 1 aromatic carbocycles. The number of fused-ring (bicyclic) bond motifs is 3. The summed E-state index contributed by atoms with van der Waals surface area (Å²) in [5.41, 5.74) is -0.190. The Bertz CT molecular complexity index is 1610. The van der Waals surface area contributed by atoms with E-state index in [2.05, 4.69) is 15.0 Å². The first-order chi connectivity index (χ1) is 16.2. The van der Waals surface area contributed by atoms with Gasteiger partial charge in [0.2, 0.25) is 0 Å². The molecule has 0 saturated heterocycles. The van der Waals surface area contributed by atoms with Crippen LogP contribution in [0.3, 0.4) is 0 Å². The average molecular weight is 504 g/mol. The van der Waals surface area contributed by atoms with Crippen LogP contribution < -0.4 is 15.0 Å².